The van der Waals surface area contributed by atoms with E-state index in [0.717, 1.165) is 6.54 Å². The van der Waals surface area contributed by atoms with Crippen LogP contribution in [0.15, 0.2) is 54.6 Å². The summed E-state index contributed by atoms with van der Waals surface area (Å²) in [7, 11) is 0. The van der Waals surface area contributed by atoms with E-state index < -0.39 is 0 Å². The smallest absolute Gasteiger partial charge is 0.331 e. The van der Waals surface area contributed by atoms with Crippen molar-refractivity contribution in [3.8, 4) is 0 Å². The van der Waals surface area contributed by atoms with E-state index in [-0.39, 0.29) is 5.54 Å². The Bertz CT molecular complexity index is 851. The molecule has 3 unspecified atom stereocenters. The predicted octanol–water partition coefficient (Wildman–Crippen LogP) is 5.42. The lowest BCUT2D eigenvalue weighted by atomic mass is 9.52. The van der Waals surface area contributed by atoms with Crippen molar-refractivity contribution in [2.24, 2.45) is 5.92 Å². The van der Waals surface area contributed by atoms with Gasteiger partial charge in [-0.2, -0.15) is 0 Å². The highest BCUT2D eigenvalue weighted by atomic mass is 15.4. The minimum atomic E-state index is 0.0809. The number of para-hydroxylation sites is 1. The molecule has 2 aromatic carbocycles. The molecule has 2 aromatic rings. The summed E-state index contributed by atoms with van der Waals surface area (Å²) in [5, 5.41) is 0. The summed E-state index contributed by atoms with van der Waals surface area (Å²) in [6, 6.07) is 20.1. The molecular formula is C24H35B2N3. The van der Waals surface area contributed by atoms with Gasteiger partial charge in [0.1, 0.15) is 0 Å². The molecule has 2 aliphatic rings. The molecule has 5 heteroatoms. The average molecular weight is 387 g/mol. The van der Waals surface area contributed by atoms with Crippen molar-refractivity contribution in [3.63, 3.8) is 0 Å². The van der Waals surface area contributed by atoms with Gasteiger partial charge in [-0.3, -0.25) is 0 Å². The van der Waals surface area contributed by atoms with Gasteiger partial charge in [0.25, 0.3) is 6.98 Å². The van der Waals surface area contributed by atoms with Crippen LogP contribution >= 0.6 is 0 Å². The van der Waals surface area contributed by atoms with E-state index in [1.165, 1.54) is 16.8 Å². The SMILES string of the molecule is CB1N2Cc3ccccc3C(C)C(C)C2N(c2ccccc2)B(C)N1C(C)(C)C. The van der Waals surface area contributed by atoms with Crippen LogP contribution in [0.4, 0.5) is 5.69 Å². The maximum atomic E-state index is 2.74. The lowest BCUT2D eigenvalue weighted by Gasteiger charge is -2.60. The van der Waals surface area contributed by atoms with Crippen LogP contribution in [0.25, 0.3) is 0 Å². The molecule has 152 valence electrons. The van der Waals surface area contributed by atoms with Gasteiger partial charge in [-0.05, 0) is 61.4 Å². The first kappa shape index (κ1) is 20.6. The first-order chi connectivity index (χ1) is 13.7. The zero-order valence-corrected chi connectivity index (χ0v) is 19.1. The van der Waals surface area contributed by atoms with E-state index in [0.29, 0.717) is 32.0 Å². The maximum absolute atomic E-state index is 2.74. The van der Waals surface area contributed by atoms with E-state index in [1.54, 1.807) is 0 Å². The first-order valence-corrected chi connectivity index (χ1v) is 11.2. The monoisotopic (exact) mass is 387 g/mol. The van der Waals surface area contributed by atoms with Gasteiger partial charge < -0.3 is 14.3 Å². The zero-order chi connectivity index (χ0) is 20.9. The minimum Gasteiger partial charge on any atom is -0.387 e. The zero-order valence-electron chi connectivity index (χ0n) is 19.1. The molecule has 0 aromatic heterocycles. The third kappa shape index (κ3) is 3.43. The summed E-state index contributed by atoms with van der Waals surface area (Å²) in [4.78, 5) is 5.42. The van der Waals surface area contributed by atoms with Crippen LogP contribution < -0.4 is 4.81 Å². The van der Waals surface area contributed by atoms with E-state index >= 15 is 0 Å². The third-order valence-electron chi connectivity index (χ3n) is 7.30. The number of rotatable bonds is 1. The molecule has 0 radical (unpaired) electrons. The quantitative estimate of drug-likeness (QED) is 0.605. The fourth-order valence-corrected chi connectivity index (χ4v) is 5.94. The van der Waals surface area contributed by atoms with Gasteiger partial charge >= 0.3 is 6.98 Å². The Hall–Kier alpha value is -1.71. The lowest BCUT2D eigenvalue weighted by Crippen LogP contribution is -2.78. The maximum Gasteiger partial charge on any atom is 0.331 e. The first-order valence-electron chi connectivity index (χ1n) is 11.2. The van der Waals surface area contributed by atoms with E-state index in [1.807, 2.05) is 0 Å². The summed E-state index contributed by atoms with van der Waals surface area (Å²) in [5.41, 5.74) is 4.40. The topological polar surface area (TPSA) is 9.72 Å². The van der Waals surface area contributed by atoms with Crippen molar-refractivity contribution >= 4 is 19.7 Å². The van der Waals surface area contributed by atoms with Crippen LogP contribution in [0.5, 0.6) is 0 Å². The normalized spacial score (nSPS) is 26.2. The number of hydrogen-bond acceptors (Lipinski definition) is 3. The fraction of sp³-hybridized carbons (Fsp3) is 0.500. The van der Waals surface area contributed by atoms with Crippen molar-refractivity contribution < 1.29 is 0 Å². The molecule has 0 aliphatic carbocycles. The Morgan fingerprint density at radius 3 is 2.14 bits per heavy atom. The van der Waals surface area contributed by atoms with Gasteiger partial charge in [0.05, 0.1) is 6.17 Å². The molecule has 0 bridgehead atoms. The minimum absolute atomic E-state index is 0.0809. The highest BCUT2D eigenvalue weighted by Gasteiger charge is 2.53. The molecule has 3 nitrogen and oxygen atoms in total. The van der Waals surface area contributed by atoms with Gasteiger partial charge in [-0.25, -0.2) is 0 Å². The molecule has 2 heterocycles. The Morgan fingerprint density at radius 1 is 0.862 bits per heavy atom. The second-order valence-electron chi connectivity index (χ2n) is 10.0. The molecule has 0 amide bonds. The van der Waals surface area contributed by atoms with Crippen LogP contribution in [-0.2, 0) is 6.54 Å². The predicted molar refractivity (Wildman–Crippen MR) is 127 cm³/mol. The van der Waals surface area contributed by atoms with Crippen LogP contribution in [0, 0.1) is 5.92 Å². The van der Waals surface area contributed by atoms with Crippen LogP contribution in [0.1, 0.15) is 51.7 Å². The summed E-state index contributed by atoms with van der Waals surface area (Å²) in [5.74, 6) is 1.04. The van der Waals surface area contributed by atoms with Gasteiger partial charge in [-0.1, -0.05) is 70.0 Å². The van der Waals surface area contributed by atoms with E-state index in [2.05, 4.69) is 117 Å². The average Bonchev–Trinajstić information content (AvgIpc) is 2.78. The van der Waals surface area contributed by atoms with Crippen molar-refractivity contribution in [1.29, 1.82) is 0 Å². The molecule has 1 fully saturated rings. The summed E-state index contributed by atoms with van der Waals surface area (Å²) in [6.07, 6.45) is 0.364. The highest BCUT2D eigenvalue weighted by Crippen LogP contribution is 2.43. The van der Waals surface area contributed by atoms with Gasteiger partial charge in [-0.15, -0.1) is 0 Å². The number of nitrogens with zero attached hydrogens (tertiary/aromatic N) is 3. The summed E-state index contributed by atoms with van der Waals surface area (Å²) in [6.45, 7) is 18.4. The lowest BCUT2D eigenvalue weighted by molar-refractivity contribution is 0.193. The summed E-state index contributed by atoms with van der Waals surface area (Å²) < 4.78 is 2.68. The molecular weight excluding hydrogens is 352 g/mol. The third-order valence-corrected chi connectivity index (χ3v) is 7.30. The van der Waals surface area contributed by atoms with Crippen molar-refractivity contribution in [2.75, 3.05) is 4.81 Å². The van der Waals surface area contributed by atoms with Crippen molar-refractivity contribution in [2.45, 2.75) is 72.4 Å². The van der Waals surface area contributed by atoms with E-state index in [9.17, 15) is 0 Å². The molecule has 29 heavy (non-hydrogen) atoms. The molecule has 1 saturated heterocycles. The highest BCUT2D eigenvalue weighted by molar-refractivity contribution is 6.74. The molecule has 0 spiro atoms. The molecule has 4 rings (SSSR count). The number of fused-ring (bicyclic) bond motifs is 2. The second kappa shape index (κ2) is 7.52. The largest absolute Gasteiger partial charge is 0.387 e. The molecule has 3 atom stereocenters. The van der Waals surface area contributed by atoms with Gasteiger partial charge in [0, 0.05) is 12.2 Å². The van der Waals surface area contributed by atoms with Crippen molar-refractivity contribution in [3.05, 3.63) is 65.7 Å². The fourth-order valence-electron chi connectivity index (χ4n) is 5.94. The standard InChI is InChI=1S/C24H35B2N3/c1-18-19(2)23-27(17-20-13-11-12-16-22(18)20)25(6)29(24(3,4)5)26(7)28(23)21-14-9-8-10-15-21/h8-16,18-19,23H,17H2,1-7H3. The van der Waals surface area contributed by atoms with Crippen LogP contribution in [0.2, 0.25) is 13.6 Å². The van der Waals surface area contributed by atoms with Crippen molar-refractivity contribution in [1.82, 2.24) is 9.53 Å². The number of anilines is 1. The summed E-state index contributed by atoms with van der Waals surface area (Å²) >= 11 is 0. The Labute approximate surface area is 178 Å². The molecule has 0 saturated carbocycles. The second-order valence-corrected chi connectivity index (χ2v) is 10.0. The van der Waals surface area contributed by atoms with Crippen LogP contribution in [0.3, 0.4) is 0 Å². The van der Waals surface area contributed by atoms with Crippen LogP contribution in [-0.4, -0.2) is 35.2 Å². The number of benzene rings is 2. The Kier molecular flexibility index (Phi) is 5.33. The number of hydrogen-bond donors (Lipinski definition) is 0. The molecule has 2 aliphatic heterocycles. The Balaban J connectivity index is 1.88. The van der Waals surface area contributed by atoms with Gasteiger partial charge in [0.2, 0.25) is 0 Å². The van der Waals surface area contributed by atoms with Gasteiger partial charge in [0.15, 0.2) is 0 Å². The van der Waals surface area contributed by atoms with E-state index in [4.69, 9.17) is 0 Å². The Morgan fingerprint density at radius 2 is 1.48 bits per heavy atom. The molecule has 0 N–H and O–H groups in total.